The fourth-order valence-electron chi connectivity index (χ4n) is 3.78. The number of hydrogen-bond donors (Lipinski definition) is 0. The van der Waals surface area contributed by atoms with Gasteiger partial charge in [-0.1, -0.05) is 30.3 Å². The van der Waals surface area contributed by atoms with E-state index in [0.29, 0.717) is 42.1 Å². The van der Waals surface area contributed by atoms with Gasteiger partial charge in [0.1, 0.15) is 30.2 Å². The molecule has 0 atom stereocenters. The molecule has 0 saturated carbocycles. The lowest BCUT2D eigenvalue weighted by Crippen LogP contribution is -2.38. The molecule has 0 spiro atoms. The molecule has 41 heavy (non-hydrogen) atoms. The van der Waals surface area contributed by atoms with Gasteiger partial charge in [-0.25, -0.2) is 4.79 Å². The molecular weight excluding hydrogens is 543 g/mol. The quantitative estimate of drug-likeness (QED) is 0.205. The summed E-state index contributed by atoms with van der Waals surface area (Å²) in [6.45, 7) is 2.05. The molecule has 1 heterocycles. The average Bonchev–Trinajstić information content (AvgIpc) is 3.38. The molecule has 0 fully saturated rings. The lowest BCUT2D eigenvalue weighted by molar-refractivity contribution is -0.144. The van der Waals surface area contributed by atoms with Gasteiger partial charge in [-0.05, 0) is 55.0 Å². The Morgan fingerprint density at radius 2 is 1.73 bits per heavy atom. The number of oxazole rings is 1. The largest absolute Gasteiger partial charge is 0.492 e. The molecule has 1 aromatic heterocycles. The molecule has 4 aromatic rings. The number of halogens is 3. The number of esters is 1. The number of likely N-dealkylation sites (N-methyl/N-ethyl adjacent to an activating group) is 1. The highest BCUT2D eigenvalue weighted by Crippen LogP contribution is 2.31. The van der Waals surface area contributed by atoms with Crippen LogP contribution in [0.2, 0.25) is 0 Å². The van der Waals surface area contributed by atoms with E-state index in [1.54, 1.807) is 31.2 Å². The highest BCUT2D eigenvalue weighted by atomic mass is 19.4. The SMILES string of the molecule is CCOC(=O)CN(Cc1ccc(OCCN(C)c2nc3ccccc3o2)cc1)C(=O)Oc1cccc(C(F)(F)F)c1. The van der Waals surface area contributed by atoms with Crippen LogP contribution in [-0.4, -0.2) is 55.3 Å². The van der Waals surface area contributed by atoms with Crippen LogP contribution < -0.4 is 14.4 Å². The molecule has 0 aliphatic rings. The number of fused-ring (bicyclic) bond motifs is 1. The minimum Gasteiger partial charge on any atom is -0.492 e. The van der Waals surface area contributed by atoms with Crippen molar-refractivity contribution >= 4 is 29.2 Å². The summed E-state index contributed by atoms with van der Waals surface area (Å²) in [5, 5.41) is 0. The zero-order chi connectivity index (χ0) is 29.4. The number of amides is 1. The Bertz CT molecular complexity index is 1440. The number of ether oxygens (including phenoxy) is 3. The maximum atomic E-state index is 13.0. The van der Waals surface area contributed by atoms with Crippen molar-refractivity contribution < 1.29 is 41.4 Å². The van der Waals surface area contributed by atoms with E-state index in [1.165, 1.54) is 6.07 Å². The molecule has 0 saturated heterocycles. The van der Waals surface area contributed by atoms with Crippen LogP contribution in [0.15, 0.2) is 77.2 Å². The van der Waals surface area contributed by atoms with Gasteiger partial charge < -0.3 is 23.5 Å². The number of anilines is 1. The third kappa shape index (κ3) is 8.13. The summed E-state index contributed by atoms with van der Waals surface area (Å²) in [5.74, 6) is -0.412. The molecule has 0 radical (unpaired) electrons. The summed E-state index contributed by atoms with van der Waals surface area (Å²) < 4.78 is 60.8. The van der Waals surface area contributed by atoms with E-state index in [-0.39, 0.29) is 18.9 Å². The molecular formula is C29H28F3N3O6. The molecule has 216 valence electrons. The van der Waals surface area contributed by atoms with Crippen molar-refractivity contribution in [1.82, 2.24) is 9.88 Å². The second kappa shape index (κ2) is 13.1. The molecule has 12 heteroatoms. The van der Waals surface area contributed by atoms with Gasteiger partial charge in [-0.2, -0.15) is 18.2 Å². The molecule has 0 bridgehead atoms. The minimum absolute atomic E-state index is 0.0582. The highest BCUT2D eigenvalue weighted by Gasteiger charge is 2.31. The smallest absolute Gasteiger partial charge is 0.416 e. The van der Waals surface area contributed by atoms with Crippen LogP contribution in [0.25, 0.3) is 11.1 Å². The first-order valence-corrected chi connectivity index (χ1v) is 12.7. The number of carbonyl (C=O) groups excluding carboxylic acids is 2. The summed E-state index contributed by atoms with van der Waals surface area (Å²) in [6.07, 6.45) is -5.60. The van der Waals surface area contributed by atoms with E-state index in [4.69, 9.17) is 18.6 Å². The predicted octanol–water partition coefficient (Wildman–Crippen LogP) is 5.93. The number of carbonyl (C=O) groups is 2. The van der Waals surface area contributed by atoms with Gasteiger partial charge in [0.05, 0.1) is 18.7 Å². The zero-order valence-electron chi connectivity index (χ0n) is 22.4. The molecule has 0 aliphatic carbocycles. The molecule has 0 unspecified atom stereocenters. The van der Waals surface area contributed by atoms with E-state index < -0.39 is 30.3 Å². The van der Waals surface area contributed by atoms with E-state index in [9.17, 15) is 22.8 Å². The topological polar surface area (TPSA) is 94.3 Å². The first kappa shape index (κ1) is 29.2. The summed E-state index contributed by atoms with van der Waals surface area (Å²) in [4.78, 5) is 32.3. The number of hydrogen-bond acceptors (Lipinski definition) is 8. The standard InChI is InChI=1S/C29H28F3N3O6/c1-3-38-26(36)19-35(28(37)40-23-8-6-7-21(17-23)29(30,31)32)18-20-11-13-22(14-12-20)39-16-15-34(2)27-33-24-9-4-5-10-25(24)41-27/h4-14,17H,3,15-16,18-19H2,1-2H3. The van der Waals surface area contributed by atoms with E-state index >= 15 is 0 Å². The van der Waals surface area contributed by atoms with Gasteiger partial charge >= 0.3 is 18.2 Å². The van der Waals surface area contributed by atoms with Gasteiger partial charge in [-0.3, -0.25) is 9.69 Å². The van der Waals surface area contributed by atoms with Gasteiger partial charge in [0.25, 0.3) is 6.01 Å². The fraction of sp³-hybridized carbons (Fsp3) is 0.276. The second-order valence-corrected chi connectivity index (χ2v) is 8.93. The Labute approximate surface area is 234 Å². The summed E-state index contributed by atoms with van der Waals surface area (Å²) in [5.41, 5.74) is 1.13. The minimum atomic E-state index is -4.60. The van der Waals surface area contributed by atoms with Crippen LogP contribution in [0.3, 0.4) is 0 Å². The summed E-state index contributed by atoms with van der Waals surface area (Å²) >= 11 is 0. The fourth-order valence-corrected chi connectivity index (χ4v) is 3.78. The average molecular weight is 572 g/mol. The maximum absolute atomic E-state index is 13.0. The van der Waals surface area contributed by atoms with Gasteiger partial charge in [0.15, 0.2) is 5.58 Å². The van der Waals surface area contributed by atoms with Crippen molar-refractivity contribution in [3.63, 3.8) is 0 Å². The molecule has 1 amide bonds. The monoisotopic (exact) mass is 571 g/mol. The predicted molar refractivity (Wildman–Crippen MR) is 144 cm³/mol. The Hall–Kier alpha value is -4.74. The Morgan fingerprint density at radius 1 is 0.976 bits per heavy atom. The Balaban J connectivity index is 1.35. The van der Waals surface area contributed by atoms with E-state index in [2.05, 4.69) is 4.98 Å². The Kier molecular flexibility index (Phi) is 9.33. The van der Waals surface area contributed by atoms with Crippen LogP contribution in [0, 0.1) is 0 Å². The van der Waals surface area contributed by atoms with Crippen molar-refractivity contribution in [3.8, 4) is 11.5 Å². The maximum Gasteiger partial charge on any atom is 0.416 e. The van der Waals surface area contributed by atoms with Crippen molar-refractivity contribution in [2.24, 2.45) is 0 Å². The van der Waals surface area contributed by atoms with Crippen molar-refractivity contribution in [1.29, 1.82) is 0 Å². The van der Waals surface area contributed by atoms with Crippen LogP contribution in [0.1, 0.15) is 18.1 Å². The van der Waals surface area contributed by atoms with Crippen molar-refractivity contribution in [2.75, 3.05) is 38.3 Å². The van der Waals surface area contributed by atoms with Crippen molar-refractivity contribution in [3.05, 3.63) is 83.9 Å². The lowest BCUT2D eigenvalue weighted by Gasteiger charge is -2.21. The molecule has 9 nitrogen and oxygen atoms in total. The summed E-state index contributed by atoms with van der Waals surface area (Å²) in [7, 11) is 1.84. The lowest BCUT2D eigenvalue weighted by atomic mass is 10.2. The summed E-state index contributed by atoms with van der Waals surface area (Å²) in [6, 6.07) is 18.7. The second-order valence-electron chi connectivity index (χ2n) is 8.93. The van der Waals surface area contributed by atoms with Gasteiger partial charge in [0.2, 0.25) is 0 Å². The van der Waals surface area contributed by atoms with Crippen LogP contribution in [-0.2, 0) is 22.3 Å². The number of aromatic nitrogens is 1. The first-order valence-electron chi connectivity index (χ1n) is 12.7. The van der Waals surface area contributed by atoms with Gasteiger partial charge in [0, 0.05) is 13.6 Å². The molecule has 0 N–H and O–H groups in total. The molecule has 4 rings (SSSR count). The third-order valence-corrected chi connectivity index (χ3v) is 5.85. The number of alkyl halides is 3. The van der Waals surface area contributed by atoms with Crippen LogP contribution in [0.4, 0.5) is 24.0 Å². The normalized spacial score (nSPS) is 11.2. The first-order chi connectivity index (χ1) is 19.6. The number of benzene rings is 3. The third-order valence-electron chi connectivity index (χ3n) is 5.85. The van der Waals surface area contributed by atoms with E-state index in [0.717, 1.165) is 22.5 Å². The van der Waals surface area contributed by atoms with Crippen LogP contribution >= 0.6 is 0 Å². The molecule has 3 aromatic carbocycles. The Morgan fingerprint density at radius 3 is 2.44 bits per heavy atom. The van der Waals surface area contributed by atoms with E-state index in [1.807, 2.05) is 36.2 Å². The van der Waals surface area contributed by atoms with Crippen molar-refractivity contribution in [2.45, 2.75) is 19.6 Å². The highest BCUT2D eigenvalue weighted by molar-refractivity contribution is 5.79. The number of rotatable bonds is 11. The van der Waals surface area contributed by atoms with Gasteiger partial charge in [-0.15, -0.1) is 0 Å². The van der Waals surface area contributed by atoms with Crippen LogP contribution in [0.5, 0.6) is 11.5 Å². The number of para-hydroxylation sites is 2. The number of nitrogens with zero attached hydrogens (tertiary/aromatic N) is 3. The molecule has 0 aliphatic heterocycles. The zero-order valence-corrected chi connectivity index (χ0v) is 22.4.